The van der Waals surface area contributed by atoms with E-state index < -0.39 is 0 Å². The van der Waals surface area contributed by atoms with Crippen molar-refractivity contribution in [2.24, 2.45) is 5.92 Å². The van der Waals surface area contributed by atoms with E-state index in [1.165, 1.54) is 37.7 Å². The SMILES string of the molecule is C=C(C)CCCC(NC)C1CC1. The molecule has 0 aromatic heterocycles. The van der Waals surface area contributed by atoms with E-state index in [9.17, 15) is 0 Å². The maximum atomic E-state index is 3.92. The fourth-order valence-corrected chi connectivity index (χ4v) is 1.74. The molecule has 1 aliphatic rings. The van der Waals surface area contributed by atoms with E-state index in [0.29, 0.717) is 0 Å². The largest absolute Gasteiger partial charge is 0.317 e. The van der Waals surface area contributed by atoms with Gasteiger partial charge in [-0.1, -0.05) is 5.57 Å². The van der Waals surface area contributed by atoms with Crippen molar-refractivity contribution in [3.8, 4) is 0 Å². The number of hydrogen-bond donors (Lipinski definition) is 1. The van der Waals surface area contributed by atoms with Crippen molar-refractivity contribution in [3.63, 3.8) is 0 Å². The van der Waals surface area contributed by atoms with Crippen LogP contribution in [0.4, 0.5) is 0 Å². The zero-order valence-electron chi connectivity index (χ0n) is 8.40. The van der Waals surface area contributed by atoms with E-state index in [1.807, 2.05) is 0 Å². The van der Waals surface area contributed by atoms with Crippen molar-refractivity contribution in [2.75, 3.05) is 7.05 Å². The second-order valence-corrected chi connectivity index (χ2v) is 4.08. The predicted molar refractivity (Wildman–Crippen MR) is 54.2 cm³/mol. The Labute approximate surface area is 76.2 Å². The van der Waals surface area contributed by atoms with Crippen molar-refractivity contribution < 1.29 is 0 Å². The molecule has 12 heavy (non-hydrogen) atoms. The average molecular weight is 167 g/mol. The molecule has 0 aromatic rings. The molecule has 1 nitrogen and oxygen atoms in total. The highest BCUT2D eigenvalue weighted by Gasteiger charge is 2.29. The Balaban J connectivity index is 2.06. The minimum atomic E-state index is 0.782. The molecule has 0 radical (unpaired) electrons. The van der Waals surface area contributed by atoms with Crippen molar-refractivity contribution >= 4 is 0 Å². The fraction of sp³-hybridized carbons (Fsp3) is 0.818. The summed E-state index contributed by atoms with van der Waals surface area (Å²) in [5.41, 5.74) is 1.32. The summed E-state index contributed by atoms with van der Waals surface area (Å²) in [7, 11) is 2.09. The lowest BCUT2D eigenvalue weighted by Gasteiger charge is -2.14. The van der Waals surface area contributed by atoms with Gasteiger partial charge >= 0.3 is 0 Å². The molecule has 0 aliphatic heterocycles. The van der Waals surface area contributed by atoms with Gasteiger partial charge in [-0.25, -0.2) is 0 Å². The van der Waals surface area contributed by atoms with Gasteiger partial charge in [-0.15, -0.1) is 6.58 Å². The third-order valence-electron chi connectivity index (χ3n) is 2.68. The lowest BCUT2D eigenvalue weighted by atomic mass is 10.0. The Kier molecular flexibility index (Phi) is 3.80. The summed E-state index contributed by atoms with van der Waals surface area (Å²) in [4.78, 5) is 0. The average Bonchev–Trinajstić information content (AvgIpc) is 2.80. The van der Waals surface area contributed by atoms with Crippen LogP contribution in [-0.4, -0.2) is 13.1 Å². The summed E-state index contributed by atoms with van der Waals surface area (Å²) in [6, 6.07) is 0.782. The topological polar surface area (TPSA) is 12.0 Å². The van der Waals surface area contributed by atoms with Gasteiger partial charge in [-0.3, -0.25) is 0 Å². The lowest BCUT2D eigenvalue weighted by molar-refractivity contribution is 0.456. The molecule has 0 heterocycles. The van der Waals surface area contributed by atoms with Gasteiger partial charge in [0.15, 0.2) is 0 Å². The van der Waals surface area contributed by atoms with Gasteiger partial charge in [0.1, 0.15) is 0 Å². The van der Waals surface area contributed by atoms with Gasteiger partial charge in [-0.2, -0.15) is 0 Å². The Hall–Kier alpha value is -0.300. The van der Waals surface area contributed by atoms with Crippen LogP contribution in [0.5, 0.6) is 0 Å². The van der Waals surface area contributed by atoms with Crippen molar-refractivity contribution in [1.29, 1.82) is 0 Å². The molecule has 1 aliphatic carbocycles. The maximum absolute atomic E-state index is 3.92. The van der Waals surface area contributed by atoms with Crippen LogP contribution in [0.15, 0.2) is 12.2 Å². The molecule has 0 saturated heterocycles. The molecule has 1 unspecified atom stereocenters. The van der Waals surface area contributed by atoms with E-state index in [0.717, 1.165) is 12.0 Å². The van der Waals surface area contributed by atoms with Gasteiger partial charge in [0, 0.05) is 6.04 Å². The van der Waals surface area contributed by atoms with Crippen LogP contribution >= 0.6 is 0 Å². The fourth-order valence-electron chi connectivity index (χ4n) is 1.74. The van der Waals surface area contributed by atoms with Crippen molar-refractivity contribution in [2.45, 2.75) is 45.1 Å². The lowest BCUT2D eigenvalue weighted by Crippen LogP contribution is -2.27. The minimum absolute atomic E-state index is 0.782. The van der Waals surface area contributed by atoms with Gasteiger partial charge in [0.2, 0.25) is 0 Å². The number of nitrogens with one attached hydrogen (secondary N) is 1. The van der Waals surface area contributed by atoms with Crippen LogP contribution in [0.3, 0.4) is 0 Å². The second-order valence-electron chi connectivity index (χ2n) is 4.08. The summed E-state index contributed by atoms with van der Waals surface area (Å²) in [6.45, 7) is 6.03. The maximum Gasteiger partial charge on any atom is 0.00924 e. The van der Waals surface area contributed by atoms with Gasteiger partial charge in [0.05, 0.1) is 0 Å². The molecule has 1 heteroatoms. The molecule has 1 fully saturated rings. The number of hydrogen-bond acceptors (Lipinski definition) is 1. The Morgan fingerprint density at radius 3 is 2.67 bits per heavy atom. The summed E-state index contributed by atoms with van der Waals surface area (Å²) >= 11 is 0. The molecular weight excluding hydrogens is 146 g/mol. The van der Waals surface area contributed by atoms with E-state index in [-0.39, 0.29) is 0 Å². The molecule has 70 valence electrons. The van der Waals surface area contributed by atoms with Crippen LogP contribution in [0.2, 0.25) is 0 Å². The van der Waals surface area contributed by atoms with Crippen molar-refractivity contribution in [3.05, 3.63) is 12.2 Å². The van der Waals surface area contributed by atoms with Crippen molar-refractivity contribution in [1.82, 2.24) is 5.32 Å². The van der Waals surface area contributed by atoms with Gasteiger partial charge in [-0.05, 0) is 52.0 Å². The Morgan fingerprint density at radius 2 is 2.25 bits per heavy atom. The van der Waals surface area contributed by atoms with Crippen LogP contribution in [0.1, 0.15) is 39.0 Å². The molecule has 0 amide bonds. The molecule has 0 bridgehead atoms. The first-order valence-electron chi connectivity index (χ1n) is 5.05. The standard InChI is InChI=1S/C11H21N/c1-9(2)5-4-6-11(12-3)10-7-8-10/h10-12H,1,4-8H2,2-3H3. The zero-order valence-corrected chi connectivity index (χ0v) is 8.40. The Morgan fingerprint density at radius 1 is 1.58 bits per heavy atom. The molecule has 1 atom stereocenters. The summed E-state index contributed by atoms with van der Waals surface area (Å²) in [6.07, 6.45) is 6.72. The highest BCUT2D eigenvalue weighted by Crippen LogP contribution is 2.34. The highest BCUT2D eigenvalue weighted by molar-refractivity contribution is 4.90. The minimum Gasteiger partial charge on any atom is -0.317 e. The second kappa shape index (κ2) is 4.66. The third-order valence-corrected chi connectivity index (χ3v) is 2.68. The number of allylic oxidation sites excluding steroid dienone is 1. The zero-order chi connectivity index (χ0) is 8.97. The molecular formula is C11H21N. The quantitative estimate of drug-likeness (QED) is 0.600. The molecule has 0 spiro atoms. The van der Waals surface area contributed by atoms with Gasteiger partial charge in [0.25, 0.3) is 0 Å². The summed E-state index contributed by atoms with van der Waals surface area (Å²) < 4.78 is 0. The summed E-state index contributed by atoms with van der Waals surface area (Å²) in [5, 5.41) is 3.41. The van der Waals surface area contributed by atoms with Crippen LogP contribution in [0, 0.1) is 5.92 Å². The smallest absolute Gasteiger partial charge is 0.00924 e. The Bertz CT molecular complexity index is 147. The van der Waals surface area contributed by atoms with Crippen LogP contribution < -0.4 is 5.32 Å². The monoisotopic (exact) mass is 167 g/mol. The predicted octanol–water partition coefficient (Wildman–Crippen LogP) is 2.73. The molecule has 1 N–H and O–H groups in total. The van der Waals surface area contributed by atoms with Gasteiger partial charge < -0.3 is 5.32 Å². The van der Waals surface area contributed by atoms with E-state index in [4.69, 9.17) is 0 Å². The first-order chi connectivity index (χ1) is 5.74. The van der Waals surface area contributed by atoms with E-state index in [1.54, 1.807) is 0 Å². The molecule has 0 aromatic carbocycles. The van der Waals surface area contributed by atoms with E-state index >= 15 is 0 Å². The molecule has 1 rings (SSSR count). The summed E-state index contributed by atoms with van der Waals surface area (Å²) in [5.74, 6) is 0.986. The normalized spacial score (nSPS) is 19.2. The molecule has 1 saturated carbocycles. The first-order valence-corrected chi connectivity index (χ1v) is 5.05. The van der Waals surface area contributed by atoms with Crippen LogP contribution in [0.25, 0.3) is 0 Å². The number of rotatable bonds is 6. The first kappa shape index (κ1) is 9.79. The third kappa shape index (κ3) is 3.40. The van der Waals surface area contributed by atoms with E-state index in [2.05, 4.69) is 25.9 Å². The highest BCUT2D eigenvalue weighted by atomic mass is 14.9. The van der Waals surface area contributed by atoms with Crippen LogP contribution in [-0.2, 0) is 0 Å².